The van der Waals surface area contributed by atoms with Crippen LogP contribution >= 0.6 is 11.6 Å². The van der Waals surface area contributed by atoms with E-state index in [9.17, 15) is 4.79 Å². The van der Waals surface area contributed by atoms with Crippen molar-refractivity contribution >= 4 is 23.5 Å². The van der Waals surface area contributed by atoms with Crippen molar-refractivity contribution in [1.29, 1.82) is 0 Å². The van der Waals surface area contributed by atoms with Gasteiger partial charge in [-0.1, -0.05) is 6.42 Å². The van der Waals surface area contributed by atoms with Gasteiger partial charge in [0.15, 0.2) is 0 Å². The van der Waals surface area contributed by atoms with Gasteiger partial charge < -0.3 is 15.4 Å². The molecule has 7 heteroatoms. The van der Waals surface area contributed by atoms with Crippen molar-refractivity contribution in [2.24, 2.45) is 0 Å². The minimum Gasteiger partial charge on any atom is -0.444 e. The van der Waals surface area contributed by atoms with Crippen LogP contribution < -0.4 is 10.6 Å². The summed E-state index contributed by atoms with van der Waals surface area (Å²) in [6, 6.07) is 0.613. The van der Waals surface area contributed by atoms with Crippen molar-refractivity contribution in [3.05, 3.63) is 17.0 Å². The van der Waals surface area contributed by atoms with Gasteiger partial charge in [-0.15, -0.1) is 0 Å². The van der Waals surface area contributed by atoms with Crippen LogP contribution in [0.15, 0.2) is 6.20 Å². The number of halogens is 1. The molecule has 2 N–H and O–H groups in total. The Labute approximate surface area is 154 Å². The number of amides is 1. The summed E-state index contributed by atoms with van der Waals surface area (Å²) in [4.78, 5) is 20.6. The number of carbonyl (C=O) groups is 1. The normalized spacial score (nSPS) is 23.8. The standard InChI is InChI=1S/C18H27ClN4O2/c1-18(2,3)25-17(24)22-13-6-4-5-11(9-13)14-10-20-16(19)23-15(14)21-12-7-8-12/h10-13H,4-9H2,1-3H3,(H,22,24)(H,20,21,23)/t11-,13+/m1/s1. The lowest BCUT2D eigenvalue weighted by Crippen LogP contribution is -2.41. The fraction of sp³-hybridized carbons (Fsp3) is 0.722. The van der Waals surface area contributed by atoms with Crippen molar-refractivity contribution in [3.8, 4) is 0 Å². The summed E-state index contributed by atoms with van der Waals surface area (Å²) in [6.07, 6.45) is 7.79. The first-order chi connectivity index (χ1) is 11.8. The zero-order valence-electron chi connectivity index (χ0n) is 15.1. The Hall–Kier alpha value is -1.56. The van der Waals surface area contributed by atoms with Gasteiger partial charge in [-0.2, -0.15) is 0 Å². The minimum atomic E-state index is -0.483. The Kier molecular flexibility index (Phi) is 5.37. The molecule has 2 aliphatic carbocycles. The van der Waals surface area contributed by atoms with Gasteiger partial charge in [0.25, 0.3) is 0 Å². The highest BCUT2D eigenvalue weighted by Gasteiger charge is 2.30. The third-order valence-corrected chi connectivity index (χ3v) is 4.72. The summed E-state index contributed by atoms with van der Waals surface area (Å²) in [5.74, 6) is 1.16. The molecule has 1 amide bonds. The Morgan fingerprint density at radius 1 is 1.24 bits per heavy atom. The van der Waals surface area contributed by atoms with Crippen molar-refractivity contribution < 1.29 is 9.53 Å². The largest absolute Gasteiger partial charge is 0.444 e. The molecule has 0 spiro atoms. The number of alkyl carbamates (subject to hydrolysis) is 1. The molecule has 0 aromatic carbocycles. The Morgan fingerprint density at radius 3 is 2.68 bits per heavy atom. The molecule has 6 nitrogen and oxygen atoms in total. The molecule has 2 saturated carbocycles. The van der Waals surface area contributed by atoms with Crippen LogP contribution in [0.3, 0.4) is 0 Å². The second-order valence-corrected chi connectivity index (χ2v) is 8.41. The van der Waals surface area contributed by atoms with Crippen molar-refractivity contribution in [1.82, 2.24) is 15.3 Å². The van der Waals surface area contributed by atoms with Gasteiger partial charge >= 0.3 is 6.09 Å². The summed E-state index contributed by atoms with van der Waals surface area (Å²) in [6.45, 7) is 5.62. The second kappa shape index (κ2) is 7.36. The summed E-state index contributed by atoms with van der Waals surface area (Å²) in [5, 5.41) is 6.74. The third kappa shape index (κ3) is 5.46. The maximum Gasteiger partial charge on any atom is 0.407 e. The van der Waals surface area contributed by atoms with Crippen molar-refractivity contribution in [2.45, 2.75) is 82.9 Å². The number of nitrogens with zero attached hydrogens (tertiary/aromatic N) is 2. The van der Waals surface area contributed by atoms with Gasteiger partial charge in [-0.25, -0.2) is 14.8 Å². The summed E-state index contributed by atoms with van der Waals surface area (Å²) in [7, 11) is 0. The lowest BCUT2D eigenvalue weighted by atomic mass is 9.82. The van der Waals surface area contributed by atoms with Crippen LogP contribution in [0.1, 0.15) is 70.8 Å². The third-order valence-electron chi connectivity index (χ3n) is 4.54. The second-order valence-electron chi connectivity index (χ2n) is 8.07. The number of carbonyl (C=O) groups excluding carboxylic acids is 1. The quantitative estimate of drug-likeness (QED) is 0.779. The highest BCUT2D eigenvalue weighted by Crippen LogP contribution is 2.37. The fourth-order valence-corrected chi connectivity index (χ4v) is 3.42. The first-order valence-corrected chi connectivity index (χ1v) is 9.46. The van der Waals surface area contributed by atoms with E-state index in [0.717, 1.165) is 37.1 Å². The lowest BCUT2D eigenvalue weighted by Gasteiger charge is -2.31. The summed E-state index contributed by atoms with van der Waals surface area (Å²) in [5.41, 5.74) is 0.621. The highest BCUT2D eigenvalue weighted by atomic mass is 35.5. The predicted octanol–water partition coefficient (Wildman–Crippen LogP) is 4.26. The van der Waals surface area contributed by atoms with E-state index in [1.165, 1.54) is 12.8 Å². The zero-order valence-corrected chi connectivity index (χ0v) is 15.9. The molecule has 3 rings (SSSR count). The van der Waals surface area contributed by atoms with Crippen LogP contribution in [0, 0.1) is 0 Å². The number of rotatable bonds is 4. The number of nitrogens with one attached hydrogen (secondary N) is 2. The monoisotopic (exact) mass is 366 g/mol. The van der Waals surface area contributed by atoms with Crippen LogP contribution in [0.2, 0.25) is 5.28 Å². The zero-order chi connectivity index (χ0) is 18.0. The highest BCUT2D eigenvalue weighted by molar-refractivity contribution is 6.28. The molecule has 25 heavy (non-hydrogen) atoms. The van der Waals surface area contributed by atoms with Gasteiger partial charge in [0.2, 0.25) is 5.28 Å². The molecular formula is C18H27ClN4O2. The molecular weight excluding hydrogens is 340 g/mol. The smallest absolute Gasteiger partial charge is 0.407 e. The number of ether oxygens (including phenoxy) is 1. The van der Waals surface area contributed by atoms with Gasteiger partial charge in [0, 0.05) is 23.8 Å². The predicted molar refractivity (Wildman–Crippen MR) is 98.1 cm³/mol. The van der Waals surface area contributed by atoms with Crippen LogP contribution in [0.25, 0.3) is 0 Å². The molecule has 2 atom stereocenters. The van der Waals surface area contributed by atoms with E-state index in [-0.39, 0.29) is 17.4 Å². The van der Waals surface area contributed by atoms with E-state index in [2.05, 4.69) is 20.6 Å². The van der Waals surface area contributed by atoms with Crippen LogP contribution in [0.4, 0.5) is 10.6 Å². The average Bonchev–Trinajstić information content (AvgIpc) is 3.29. The van der Waals surface area contributed by atoms with Crippen molar-refractivity contribution in [3.63, 3.8) is 0 Å². The van der Waals surface area contributed by atoms with Crippen LogP contribution in [0.5, 0.6) is 0 Å². The maximum absolute atomic E-state index is 12.0. The van der Waals surface area contributed by atoms with E-state index in [1.807, 2.05) is 27.0 Å². The van der Waals surface area contributed by atoms with Gasteiger partial charge in [0.05, 0.1) is 0 Å². The van der Waals surface area contributed by atoms with Crippen LogP contribution in [-0.4, -0.2) is 33.7 Å². The summed E-state index contributed by atoms with van der Waals surface area (Å²) >= 11 is 5.98. The van der Waals surface area contributed by atoms with Crippen LogP contribution in [-0.2, 0) is 4.74 Å². The Balaban J connectivity index is 1.66. The number of anilines is 1. The number of hydrogen-bond acceptors (Lipinski definition) is 5. The Morgan fingerprint density at radius 2 is 2.00 bits per heavy atom. The molecule has 2 fully saturated rings. The van der Waals surface area contributed by atoms with Gasteiger partial charge in [0.1, 0.15) is 11.4 Å². The van der Waals surface area contributed by atoms with E-state index >= 15 is 0 Å². The maximum atomic E-state index is 12.0. The number of aromatic nitrogens is 2. The van der Waals surface area contributed by atoms with Crippen molar-refractivity contribution in [2.75, 3.05) is 5.32 Å². The SMILES string of the molecule is CC(C)(C)OC(=O)N[C@H]1CCC[C@@H](c2cnc(Cl)nc2NC2CC2)C1. The molecule has 1 aromatic rings. The molecule has 0 saturated heterocycles. The average molecular weight is 367 g/mol. The molecule has 0 radical (unpaired) electrons. The van der Waals surface area contributed by atoms with E-state index in [1.54, 1.807) is 0 Å². The first kappa shape index (κ1) is 18.2. The van der Waals surface area contributed by atoms with E-state index in [4.69, 9.17) is 16.3 Å². The molecule has 1 heterocycles. The molecule has 1 aromatic heterocycles. The topological polar surface area (TPSA) is 76.1 Å². The molecule has 138 valence electrons. The number of hydrogen-bond donors (Lipinski definition) is 2. The fourth-order valence-electron chi connectivity index (χ4n) is 3.28. The lowest BCUT2D eigenvalue weighted by molar-refractivity contribution is 0.0490. The molecule has 0 unspecified atom stereocenters. The Bertz CT molecular complexity index is 628. The van der Waals surface area contributed by atoms with Gasteiger partial charge in [-0.05, 0) is 70.4 Å². The first-order valence-electron chi connectivity index (χ1n) is 9.08. The minimum absolute atomic E-state index is 0.109. The summed E-state index contributed by atoms with van der Waals surface area (Å²) < 4.78 is 5.38. The van der Waals surface area contributed by atoms with E-state index in [0.29, 0.717) is 12.0 Å². The van der Waals surface area contributed by atoms with E-state index < -0.39 is 5.60 Å². The molecule has 2 aliphatic rings. The molecule has 0 bridgehead atoms. The van der Waals surface area contributed by atoms with Gasteiger partial charge in [-0.3, -0.25) is 0 Å². The molecule has 0 aliphatic heterocycles.